The minimum atomic E-state index is 0.598. The van der Waals surface area contributed by atoms with Gasteiger partial charge in [0.25, 0.3) is 0 Å². The maximum atomic E-state index is 7.71. The topological polar surface area (TPSA) is 28.8 Å². The molecule has 1 N–H and O–H groups in total. The number of hydrogen-bond acceptors (Lipinski definition) is 2. The Morgan fingerprint density at radius 1 is 1.21 bits per heavy atom. The van der Waals surface area contributed by atoms with Gasteiger partial charge < -0.3 is 4.57 Å². The minimum Gasteiger partial charge on any atom is -0.320 e. The molecule has 3 heteroatoms. The van der Waals surface area contributed by atoms with Gasteiger partial charge in [-0.15, -0.1) is 11.3 Å². The molecular weight excluding hydrogens is 192 g/mol. The third kappa shape index (κ3) is 1.40. The van der Waals surface area contributed by atoms with E-state index >= 15 is 0 Å². The van der Waals surface area contributed by atoms with Crippen molar-refractivity contribution in [1.82, 2.24) is 4.57 Å². The van der Waals surface area contributed by atoms with Gasteiger partial charge in [0, 0.05) is 11.9 Å². The van der Waals surface area contributed by atoms with Crippen molar-refractivity contribution in [2.45, 2.75) is 6.92 Å². The Hall–Kier alpha value is -1.35. The Balaban J connectivity index is 2.69. The number of nitrogens with one attached hydrogen (secondary N) is 1. The van der Waals surface area contributed by atoms with Gasteiger partial charge in [0.1, 0.15) is 0 Å². The molecule has 0 bridgehead atoms. The molecule has 0 atom stereocenters. The Labute approximate surface area is 87.0 Å². The molecule has 0 aliphatic heterocycles. The average molecular weight is 204 g/mol. The minimum absolute atomic E-state index is 0.598. The zero-order valence-electron chi connectivity index (χ0n) is 8.24. The first-order valence-electron chi connectivity index (χ1n) is 4.46. The predicted octanol–water partition coefficient (Wildman–Crippen LogP) is 2.54. The van der Waals surface area contributed by atoms with Crippen LogP contribution in [0.2, 0.25) is 0 Å². The third-order valence-corrected chi connectivity index (χ3v) is 3.24. The third-order valence-electron chi connectivity index (χ3n) is 2.27. The van der Waals surface area contributed by atoms with Gasteiger partial charge in [0.15, 0.2) is 4.80 Å². The lowest BCUT2D eigenvalue weighted by molar-refractivity contribution is 0.864. The molecule has 0 aliphatic carbocycles. The molecule has 1 aromatic carbocycles. The molecule has 0 amide bonds. The van der Waals surface area contributed by atoms with Gasteiger partial charge in [-0.1, -0.05) is 30.3 Å². The summed E-state index contributed by atoms with van der Waals surface area (Å²) in [6.07, 6.45) is 0. The van der Waals surface area contributed by atoms with Crippen molar-refractivity contribution < 1.29 is 0 Å². The normalized spacial score (nSPS) is 10.4. The molecule has 1 aromatic heterocycles. The zero-order valence-corrected chi connectivity index (χ0v) is 9.06. The lowest BCUT2D eigenvalue weighted by Gasteiger charge is -2.03. The fraction of sp³-hybridized carbons (Fsp3) is 0.182. The van der Waals surface area contributed by atoms with Gasteiger partial charge in [-0.2, -0.15) is 0 Å². The molecule has 72 valence electrons. The van der Waals surface area contributed by atoms with Gasteiger partial charge in [-0.3, -0.25) is 5.41 Å². The standard InChI is InChI=1S/C11H12N2S/c1-8-10(13(2)11(12)14-8)9-6-4-3-5-7-9/h3-7,12H,1-2H3. The van der Waals surface area contributed by atoms with Gasteiger partial charge >= 0.3 is 0 Å². The summed E-state index contributed by atoms with van der Waals surface area (Å²) in [6, 6.07) is 10.2. The van der Waals surface area contributed by atoms with E-state index in [2.05, 4.69) is 19.1 Å². The Morgan fingerprint density at radius 2 is 1.86 bits per heavy atom. The summed E-state index contributed by atoms with van der Waals surface area (Å²) < 4.78 is 1.93. The molecule has 2 rings (SSSR count). The first-order valence-corrected chi connectivity index (χ1v) is 5.28. The lowest BCUT2D eigenvalue weighted by Crippen LogP contribution is -2.08. The summed E-state index contributed by atoms with van der Waals surface area (Å²) >= 11 is 1.52. The van der Waals surface area contributed by atoms with Crippen LogP contribution in [0.4, 0.5) is 0 Å². The van der Waals surface area contributed by atoms with Gasteiger partial charge in [0.05, 0.1) is 5.69 Å². The quantitative estimate of drug-likeness (QED) is 0.739. The molecule has 2 aromatic rings. The molecule has 0 spiro atoms. The van der Waals surface area contributed by atoms with Crippen molar-refractivity contribution in [1.29, 1.82) is 5.41 Å². The van der Waals surface area contributed by atoms with Crippen molar-refractivity contribution in [2.24, 2.45) is 7.05 Å². The number of aryl methyl sites for hydroxylation is 1. The lowest BCUT2D eigenvalue weighted by atomic mass is 10.1. The Kier molecular flexibility index (Phi) is 2.25. The molecule has 0 saturated carbocycles. The van der Waals surface area contributed by atoms with E-state index in [0.717, 1.165) is 5.69 Å². The largest absolute Gasteiger partial charge is 0.320 e. The highest BCUT2D eigenvalue weighted by Crippen LogP contribution is 2.23. The van der Waals surface area contributed by atoms with Crippen LogP contribution < -0.4 is 4.80 Å². The van der Waals surface area contributed by atoms with E-state index in [1.807, 2.05) is 29.8 Å². The van der Waals surface area contributed by atoms with Crippen LogP contribution in [-0.2, 0) is 7.05 Å². The molecule has 0 fully saturated rings. The molecule has 1 heterocycles. The van der Waals surface area contributed by atoms with Crippen LogP contribution >= 0.6 is 11.3 Å². The van der Waals surface area contributed by atoms with Crippen molar-refractivity contribution in [3.05, 3.63) is 40.0 Å². The van der Waals surface area contributed by atoms with Crippen LogP contribution in [0, 0.1) is 12.3 Å². The first-order chi connectivity index (χ1) is 6.70. The molecule has 0 unspecified atom stereocenters. The fourth-order valence-corrected chi connectivity index (χ4v) is 2.46. The molecule has 14 heavy (non-hydrogen) atoms. The van der Waals surface area contributed by atoms with E-state index in [4.69, 9.17) is 5.41 Å². The van der Waals surface area contributed by atoms with E-state index in [0.29, 0.717) is 4.80 Å². The summed E-state index contributed by atoms with van der Waals surface area (Å²) in [5, 5.41) is 7.71. The molecule has 2 nitrogen and oxygen atoms in total. The molecule has 0 radical (unpaired) electrons. The monoisotopic (exact) mass is 204 g/mol. The smallest absolute Gasteiger partial charge is 0.182 e. The predicted molar refractivity (Wildman–Crippen MR) is 59.3 cm³/mol. The second-order valence-corrected chi connectivity index (χ2v) is 4.44. The number of rotatable bonds is 1. The maximum Gasteiger partial charge on any atom is 0.182 e. The first kappa shape index (κ1) is 9.21. The van der Waals surface area contributed by atoms with E-state index in [1.165, 1.54) is 21.8 Å². The Morgan fingerprint density at radius 3 is 2.36 bits per heavy atom. The number of benzene rings is 1. The second kappa shape index (κ2) is 3.42. The highest BCUT2D eigenvalue weighted by atomic mass is 32.1. The molecular formula is C11H12N2S. The van der Waals surface area contributed by atoms with Crippen LogP contribution in [0.25, 0.3) is 11.3 Å². The fourth-order valence-electron chi connectivity index (χ4n) is 1.59. The number of aromatic nitrogens is 1. The Bertz CT molecular complexity index is 494. The van der Waals surface area contributed by atoms with Crippen LogP contribution in [0.5, 0.6) is 0 Å². The van der Waals surface area contributed by atoms with E-state index < -0.39 is 0 Å². The van der Waals surface area contributed by atoms with Crippen molar-refractivity contribution >= 4 is 11.3 Å². The summed E-state index contributed by atoms with van der Waals surface area (Å²) in [6.45, 7) is 2.06. The van der Waals surface area contributed by atoms with Gasteiger partial charge in [0.2, 0.25) is 0 Å². The SMILES string of the molecule is Cc1sc(=N)n(C)c1-c1ccccc1. The highest BCUT2D eigenvalue weighted by Gasteiger charge is 2.07. The number of nitrogens with zero attached hydrogens (tertiary/aromatic N) is 1. The average Bonchev–Trinajstić information content (AvgIpc) is 2.43. The van der Waals surface area contributed by atoms with Crippen molar-refractivity contribution in [3.63, 3.8) is 0 Å². The van der Waals surface area contributed by atoms with Crippen LogP contribution in [0.3, 0.4) is 0 Å². The number of thiazole rings is 1. The van der Waals surface area contributed by atoms with Crippen molar-refractivity contribution in [3.8, 4) is 11.3 Å². The number of hydrogen-bond donors (Lipinski definition) is 1. The van der Waals surface area contributed by atoms with Crippen LogP contribution in [0.15, 0.2) is 30.3 Å². The molecule has 0 saturated heterocycles. The summed E-state index contributed by atoms with van der Waals surface area (Å²) in [5.41, 5.74) is 2.34. The van der Waals surface area contributed by atoms with E-state index in [-0.39, 0.29) is 0 Å². The van der Waals surface area contributed by atoms with E-state index in [9.17, 15) is 0 Å². The zero-order chi connectivity index (χ0) is 10.1. The van der Waals surface area contributed by atoms with Gasteiger partial charge in [-0.05, 0) is 12.5 Å². The summed E-state index contributed by atoms with van der Waals surface area (Å²) in [4.78, 5) is 1.80. The van der Waals surface area contributed by atoms with E-state index in [1.54, 1.807) is 0 Å². The van der Waals surface area contributed by atoms with Crippen LogP contribution in [0.1, 0.15) is 4.88 Å². The maximum absolute atomic E-state index is 7.71. The molecule has 0 aliphatic rings. The van der Waals surface area contributed by atoms with Crippen LogP contribution in [-0.4, -0.2) is 4.57 Å². The summed E-state index contributed by atoms with van der Waals surface area (Å²) in [7, 11) is 1.94. The van der Waals surface area contributed by atoms with Crippen molar-refractivity contribution in [2.75, 3.05) is 0 Å². The van der Waals surface area contributed by atoms with Gasteiger partial charge in [-0.25, -0.2) is 0 Å². The summed E-state index contributed by atoms with van der Waals surface area (Å²) in [5.74, 6) is 0. The highest BCUT2D eigenvalue weighted by molar-refractivity contribution is 7.09. The second-order valence-electron chi connectivity index (χ2n) is 3.24.